The van der Waals surface area contributed by atoms with Crippen molar-refractivity contribution in [2.24, 2.45) is 0 Å². The van der Waals surface area contributed by atoms with Crippen LogP contribution in [0, 0.1) is 0 Å². The molecule has 0 aliphatic rings. The molecule has 2 rings (SSSR count). The monoisotopic (exact) mass is 202 g/mol. The lowest BCUT2D eigenvalue weighted by atomic mass is 10.1. The van der Waals surface area contributed by atoms with Crippen LogP contribution in [0.1, 0.15) is 24.1 Å². The number of nitrogens with two attached hydrogens (primary N) is 1. The van der Waals surface area contributed by atoms with Crippen LogP contribution in [-0.2, 0) is 12.8 Å². The molecule has 78 valence electrons. The average Bonchev–Trinajstić information content (AvgIpc) is 2.60. The molecule has 0 radical (unpaired) electrons. The fraction of sp³-hybridized carbons (Fsp3) is 0.273. The van der Waals surface area contributed by atoms with Crippen LogP contribution in [0.5, 0.6) is 0 Å². The van der Waals surface area contributed by atoms with E-state index in [1.54, 1.807) is 0 Å². The minimum absolute atomic E-state index is 0.734. The SMILES string of the molecule is CCc1nc(Cc2ccccc2)nn1N. The van der Waals surface area contributed by atoms with Crippen molar-refractivity contribution < 1.29 is 0 Å². The second kappa shape index (κ2) is 4.13. The maximum Gasteiger partial charge on any atom is 0.157 e. The third kappa shape index (κ3) is 2.15. The van der Waals surface area contributed by atoms with Gasteiger partial charge in [-0.25, -0.2) is 4.98 Å². The van der Waals surface area contributed by atoms with Crippen molar-refractivity contribution in [3.63, 3.8) is 0 Å². The lowest BCUT2D eigenvalue weighted by Gasteiger charge is -1.94. The van der Waals surface area contributed by atoms with Crippen molar-refractivity contribution in [2.45, 2.75) is 19.8 Å². The summed E-state index contributed by atoms with van der Waals surface area (Å²) in [4.78, 5) is 5.71. The van der Waals surface area contributed by atoms with Crippen molar-refractivity contribution in [2.75, 3.05) is 5.84 Å². The predicted octanol–water partition coefficient (Wildman–Crippen LogP) is 1.15. The van der Waals surface area contributed by atoms with Gasteiger partial charge in [0.2, 0.25) is 0 Å². The Morgan fingerprint density at radius 3 is 2.60 bits per heavy atom. The van der Waals surface area contributed by atoms with E-state index in [-0.39, 0.29) is 0 Å². The highest BCUT2D eigenvalue weighted by Crippen LogP contribution is 2.05. The van der Waals surface area contributed by atoms with Crippen LogP contribution >= 0.6 is 0 Å². The van der Waals surface area contributed by atoms with E-state index < -0.39 is 0 Å². The molecule has 2 aromatic rings. The first kappa shape index (κ1) is 9.71. The van der Waals surface area contributed by atoms with Crippen LogP contribution in [0.15, 0.2) is 30.3 Å². The Morgan fingerprint density at radius 2 is 2.00 bits per heavy atom. The first-order valence-corrected chi connectivity index (χ1v) is 5.03. The molecule has 1 heterocycles. The average molecular weight is 202 g/mol. The first-order valence-electron chi connectivity index (χ1n) is 5.03. The fourth-order valence-corrected chi connectivity index (χ4v) is 1.50. The maximum absolute atomic E-state index is 5.65. The molecule has 0 bridgehead atoms. The van der Waals surface area contributed by atoms with Crippen molar-refractivity contribution in [3.8, 4) is 0 Å². The van der Waals surface area contributed by atoms with Gasteiger partial charge in [0.05, 0.1) is 0 Å². The third-order valence-corrected chi connectivity index (χ3v) is 2.27. The summed E-state index contributed by atoms with van der Waals surface area (Å²) in [5.41, 5.74) is 1.20. The first-order chi connectivity index (χ1) is 7.29. The molecule has 4 nitrogen and oxygen atoms in total. The lowest BCUT2D eigenvalue weighted by Crippen LogP contribution is -2.13. The fourth-order valence-electron chi connectivity index (χ4n) is 1.50. The van der Waals surface area contributed by atoms with E-state index >= 15 is 0 Å². The Kier molecular flexibility index (Phi) is 2.67. The van der Waals surface area contributed by atoms with E-state index in [0.29, 0.717) is 0 Å². The van der Waals surface area contributed by atoms with Crippen LogP contribution in [0.25, 0.3) is 0 Å². The molecular weight excluding hydrogens is 188 g/mol. The van der Waals surface area contributed by atoms with Crippen LogP contribution in [-0.4, -0.2) is 14.9 Å². The van der Waals surface area contributed by atoms with Gasteiger partial charge in [-0.15, -0.1) is 5.10 Å². The molecule has 1 aromatic heterocycles. The number of nitrogens with zero attached hydrogens (tertiary/aromatic N) is 3. The largest absolute Gasteiger partial charge is 0.321 e. The number of hydrogen-bond donors (Lipinski definition) is 1. The molecule has 0 aliphatic carbocycles. The molecule has 0 aliphatic heterocycles. The molecule has 0 amide bonds. The molecule has 0 fully saturated rings. The zero-order valence-corrected chi connectivity index (χ0v) is 8.72. The van der Waals surface area contributed by atoms with Gasteiger partial charge in [0.15, 0.2) is 5.82 Å². The van der Waals surface area contributed by atoms with Crippen LogP contribution < -0.4 is 5.84 Å². The van der Waals surface area contributed by atoms with Gasteiger partial charge in [0, 0.05) is 12.8 Å². The molecule has 0 saturated carbocycles. The Morgan fingerprint density at radius 1 is 1.27 bits per heavy atom. The quantitative estimate of drug-likeness (QED) is 0.759. The Hall–Kier alpha value is -1.84. The minimum atomic E-state index is 0.734. The zero-order chi connectivity index (χ0) is 10.7. The standard InChI is InChI=1S/C11H14N4/c1-2-11-13-10(14-15(11)12)8-9-6-4-3-5-7-9/h3-7H,2,8,12H2,1H3. The smallest absolute Gasteiger partial charge is 0.157 e. The van der Waals surface area contributed by atoms with E-state index in [9.17, 15) is 0 Å². The van der Waals surface area contributed by atoms with E-state index in [2.05, 4.69) is 22.2 Å². The van der Waals surface area contributed by atoms with Gasteiger partial charge in [-0.3, -0.25) is 0 Å². The molecule has 4 heteroatoms. The summed E-state index contributed by atoms with van der Waals surface area (Å²) in [6, 6.07) is 10.1. The molecule has 2 N–H and O–H groups in total. The van der Waals surface area contributed by atoms with Crippen LogP contribution in [0.3, 0.4) is 0 Å². The number of benzene rings is 1. The molecule has 0 unspecified atom stereocenters. The topological polar surface area (TPSA) is 56.7 Å². The number of rotatable bonds is 3. The van der Waals surface area contributed by atoms with Crippen molar-refractivity contribution in [1.82, 2.24) is 14.9 Å². The van der Waals surface area contributed by atoms with Gasteiger partial charge in [-0.2, -0.15) is 4.79 Å². The molecule has 1 aromatic carbocycles. The minimum Gasteiger partial charge on any atom is -0.321 e. The second-order valence-corrected chi connectivity index (χ2v) is 3.40. The Labute approximate surface area is 88.7 Å². The van der Waals surface area contributed by atoms with E-state index in [0.717, 1.165) is 24.5 Å². The number of aromatic nitrogens is 3. The van der Waals surface area contributed by atoms with Gasteiger partial charge in [-0.05, 0) is 5.56 Å². The maximum atomic E-state index is 5.65. The second-order valence-electron chi connectivity index (χ2n) is 3.40. The Bertz CT molecular complexity index is 433. The zero-order valence-electron chi connectivity index (χ0n) is 8.72. The highest BCUT2D eigenvalue weighted by Gasteiger charge is 2.06. The lowest BCUT2D eigenvalue weighted by molar-refractivity contribution is 0.754. The van der Waals surface area contributed by atoms with Crippen molar-refractivity contribution >= 4 is 0 Å². The summed E-state index contributed by atoms with van der Waals surface area (Å²) in [5, 5.41) is 4.16. The van der Waals surface area contributed by atoms with Crippen molar-refractivity contribution in [3.05, 3.63) is 47.5 Å². The number of hydrogen-bond acceptors (Lipinski definition) is 3. The highest BCUT2D eigenvalue weighted by atomic mass is 15.5. The van der Waals surface area contributed by atoms with Gasteiger partial charge >= 0.3 is 0 Å². The normalized spacial score (nSPS) is 10.5. The molecular formula is C11H14N4. The molecule has 0 saturated heterocycles. The summed E-state index contributed by atoms with van der Waals surface area (Å²) >= 11 is 0. The summed E-state index contributed by atoms with van der Waals surface area (Å²) in [6.07, 6.45) is 1.54. The van der Waals surface area contributed by atoms with Gasteiger partial charge < -0.3 is 5.84 Å². The highest BCUT2D eigenvalue weighted by molar-refractivity contribution is 5.18. The molecule has 0 atom stereocenters. The van der Waals surface area contributed by atoms with Crippen LogP contribution in [0.4, 0.5) is 0 Å². The third-order valence-electron chi connectivity index (χ3n) is 2.27. The van der Waals surface area contributed by atoms with E-state index in [1.807, 2.05) is 25.1 Å². The van der Waals surface area contributed by atoms with Gasteiger partial charge in [-0.1, -0.05) is 37.3 Å². The number of nitrogen functional groups attached to an aromatic ring is 1. The summed E-state index contributed by atoms with van der Waals surface area (Å²) in [7, 11) is 0. The molecule has 15 heavy (non-hydrogen) atoms. The summed E-state index contributed by atoms with van der Waals surface area (Å²) in [5.74, 6) is 7.25. The van der Waals surface area contributed by atoms with Gasteiger partial charge in [0.1, 0.15) is 5.82 Å². The van der Waals surface area contributed by atoms with Crippen LogP contribution in [0.2, 0.25) is 0 Å². The Balaban J connectivity index is 2.18. The number of aryl methyl sites for hydroxylation is 1. The summed E-state index contributed by atoms with van der Waals surface area (Å²) < 4.78 is 0. The van der Waals surface area contributed by atoms with Crippen molar-refractivity contribution in [1.29, 1.82) is 0 Å². The predicted molar refractivity (Wildman–Crippen MR) is 58.8 cm³/mol. The summed E-state index contributed by atoms with van der Waals surface area (Å²) in [6.45, 7) is 2.01. The van der Waals surface area contributed by atoms with E-state index in [4.69, 9.17) is 5.84 Å². The van der Waals surface area contributed by atoms with E-state index in [1.165, 1.54) is 10.4 Å². The van der Waals surface area contributed by atoms with Gasteiger partial charge in [0.25, 0.3) is 0 Å². The molecule has 0 spiro atoms.